The van der Waals surface area contributed by atoms with Crippen molar-refractivity contribution in [1.29, 1.82) is 0 Å². The quantitative estimate of drug-likeness (QED) is 0.405. The SMILES string of the molecule is CC1(C)N2CC21C. The van der Waals surface area contributed by atoms with Crippen LogP contribution in [0.2, 0.25) is 0 Å². The van der Waals surface area contributed by atoms with E-state index in [1.807, 2.05) is 0 Å². The van der Waals surface area contributed by atoms with Gasteiger partial charge in [0, 0.05) is 17.6 Å². The highest BCUT2D eigenvalue weighted by atomic mass is 15.6. The van der Waals surface area contributed by atoms with Crippen molar-refractivity contribution in [1.82, 2.24) is 4.90 Å². The Morgan fingerprint density at radius 2 is 1.57 bits per heavy atom. The molecule has 0 aromatic heterocycles. The lowest BCUT2D eigenvalue weighted by molar-refractivity contribution is 0.488. The maximum atomic E-state index is 2.50. The van der Waals surface area contributed by atoms with Gasteiger partial charge in [0.25, 0.3) is 0 Å². The third-order valence-corrected chi connectivity index (χ3v) is 2.90. The Bertz CT molecular complexity index is 119. The first-order valence-corrected chi connectivity index (χ1v) is 2.87. The van der Waals surface area contributed by atoms with E-state index in [1.54, 1.807) is 0 Å². The summed E-state index contributed by atoms with van der Waals surface area (Å²) in [5.41, 5.74) is 1.22. The molecule has 1 heteroatoms. The highest BCUT2D eigenvalue weighted by Gasteiger charge is 2.79. The summed E-state index contributed by atoms with van der Waals surface area (Å²) in [6.07, 6.45) is 0. The lowest BCUT2D eigenvalue weighted by Gasteiger charge is -2.08. The van der Waals surface area contributed by atoms with Crippen LogP contribution in [-0.4, -0.2) is 22.5 Å². The molecule has 0 saturated carbocycles. The molecule has 1 nitrogen and oxygen atoms in total. The van der Waals surface area contributed by atoms with Crippen LogP contribution in [0.4, 0.5) is 0 Å². The van der Waals surface area contributed by atoms with Crippen molar-refractivity contribution in [2.24, 2.45) is 0 Å². The number of hydrogen-bond donors (Lipinski definition) is 0. The molecule has 0 radical (unpaired) electrons. The van der Waals surface area contributed by atoms with Crippen molar-refractivity contribution in [3.63, 3.8) is 0 Å². The summed E-state index contributed by atoms with van der Waals surface area (Å²) < 4.78 is 0. The van der Waals surface area contributed by atoms with Gasteiger partial charge < -0.3 is 0 Å². The zero-order chi connectivity index (χ0) is 5.28. The minimum atomic E-state index is 0.576. The minimum absolute atomic E-state index is 0.576. The molecule has 40 valence electrons. The molecular weight excluding hydrogens is 86.1 g/mol. The van der Waals surface area contributed by atoms with Crippen LogP contribution in [0.1, 0.15) is 20.8 Å². The molecule has 0 bridgehead atoms. The second-order valence-electron chi connectivity index (χ2n) is 3.42. The summed E-state index contributed by atoms with van der Waals surface area (Å²) in [4.78, 5) is 2.50. The second-order valence-corrected chi connectivity index (χ2v) is 3.42. The highest BCUT2D eigenvalue weighted by molar-refractivity contribution is 5.36. The molecule has 2 saturated heterocycles. The van der Waals surface area contributed by atoms with Gasteiger partial charge in [-0.25, -0.2) is 0 Å². The molecule has 0 N–H and O–H groups in total. The minimum Gasteiger partial charge on any atom is -0.286 e. The predicted octanol–water partition coefficient (Wildman–Crippen LogP) is 0.853. The van der Waals surface area contributed by atoms with Crippen molar-refractivity contribution in [2.45, 2.75) is 31.8 Å². The zero-order valence-corrected chi connectivity index (χ0v) is 5.15. The van der Waals surface area contributed by atoms with Gasteiger partial charge in [0.15, 0.2) is 0 Å². The topological polar surface area (TPSA) is 3.01 Å². The van der Waals surface area contributed by atoms with E-state index in [0.717, 1.165) is 0 Å². The fourth-order valence-electron chi connectivity index (χ4n) is 1.49. The number of hydrogen-bond acceptors (Lipinski definition) is 1. The Labute approximate surface area is 44.3 Å². The summed E-state index contributed by atoms with van der Waals surface area (Å²) in [6, 6.07) is 0. The first-order valence-electron chi connectivity index (χ1n) is 2.87. The van der Waals surface area contributed by atoms with Crippen LogP contribution in [-0.2, 0) is 0 Å². The normalized spacial score (nSPS) is 61.3. The van der Waals surface area contributed by atoms with E-state index >= 15 is 0 Å². The fourth-order valence-corrected chi connectivity index (χ4v) is 1.49. The third-order valence-electron chi connectivity index (χ3n) is 2.90. The summed E-state index contributed by atoms with van der Waals surface area (Å²) in [7, 11) is 0. The number of nitrogens with zero attached hydrogens (tertiary/aromatic N) is 1. The average molecular weight is 97.2 g/mol. The van der Waals surface area contributed by atoms with E-state index in [2.05, 4.69) is 25.7 Å². The van der Waals surface area contributed by atoms with Gasteiger partial charge >= 0.3 is 0 Å². The smallest absolute Gasteiger partial charge is 0.0493 e. The van der Waals surface area contributed by atoms with Crippen molar-refractivity contribution >= 4 is 0 Å². The van der Waals surface area contributed by atoms with Crippen LogP contribution in [0.3, 0.4) is 0 Å². The average Bonchev–Trinajstić information content (AvgIpc) is 2.26. The van der Waals surface area contributed by atoms with Gasteiger partial charge in [-0.1, -0.05) is 0 Å². The molecule has 0 amide bonds. The van der Waals surface area contributed by atoms with Crippen LogP contribution >= 0.6 is 0 Å². The number of rotatable bonds is 0. The molecular formula is C6H11N. The molecule has 7 heavy (non-hydrogen) atoms. The van der Waals surface area contributed by atoms with Crippen LogP contribution in [0.15, 0.2) is 0 Å². The Balaban J connectivity index is 2.28. The summed E-state index contributed by atoms with van der Waals surface area (Å²) in [6.45, 7) is 8.28. The Hall–Kier alpha value is -0.0400. The van der Waals surface area contributed by atoms with Gasteiger partial charge in [-0.3, -0.25) is 4.90 Å². The van der Waals surface area contributed by atoms with Crippen molar-refractivity contribution in [3.8, 4) is 0 Å². The highest BCUT2D eigenvalue weighted by Crippen LogP contribution is 2.64. The van der Waals surface area contributed by atoms with E-state index in [-0.39, 0.29) is 0 Å². The zero-order valence-electron chi connectivity index (χ0n) is 5.15. The Morgan fingerprint density at radius 1 is 1.29 bits per heavy atom. The van der Waals surface area contributed by atoms with Crippen LogP contribution in [0.5, 0.6) is 0 Å². The molecule has 2 rings (SSSR count). The van der Waals surface area contributed by atoms with Gasteiger partial charge in [-0.15, -0.1) is 0 Å². The van der Waals surface area contributed by atoms with E-state index in [0.29, 0.717) is 11.1 Å². The Kier molecular flexibility index (Phi) is 0.321. The van der Waals surface area contributed by atoms with E-state index in [1.165, 1.54) is 6.54 Å². The molecule has 2 aliphatic rings. The molecule has 2 fully saturated rings. The van der Waals surface area contributed by atoms with E-state index in [9.17, 15) is 0 Å². The first kappa shape index (κ1) is 3.90. The predicted molar refractivity (Wildman–Crippen MR) is 29.2 cm³/mol. The molecule has 2 aliphatic heterocycles. The van der Waals surface area contributed by atoms with Gasteiger partial charge in [-0.2, -0.15) is 0 Å². The molecule has 0 aromatic carbocycles. The molecule has 2 atom stereocenters. The summed E-state index contributed by atoms with van der Waals surface area (Å²) >= 11 is 0. The van der Waals surface area contributed by atoms with Crippen LogP contribution < -0.4 is 0 Å². The van der Waals surface area contributed by atoms with Crippen LogP contribution in [0, 0.1) is 0 Å². The van der Waals surface area contributed by atoms with E-state index < -0.39 is 0 Å². The van der Waals surface area contributed by atoms with E-state index in [4.69, 9.17) is 0 Å². The van der Waals surface area contributed by atoms with Crippen molar-refractivity contribution in [3.05, 3.63) is 0 Å². The fraction of sp³-hybridized carbons (Fsp3) is 1.00. The van der Waals surface area contributed by atoms with Crippen LogP contribution in [0.25, 0.3) is 0 Å². The maximum absolute atomic E-state index is 2.50. The van der Waals surface area contributed by atoms with Gasteiger partial charge in [-0.05, 0) is 20.8 Å². The first-order chi connectivity index (χ1) is 3.09. The molecule has 0 aliphatic carbocycles. The maximum Gasteiger partial charge on any atom is 0.0493 e. The van der Waals surface area contributed by atoms with Gasteiger partial charge in [0.1, 0.15) is 0 Å². The second kappa shape index (κ2) is 0.576. The van der Waals surface area contributed by atoms with Crippen molar-refractivity contribution < 1.29 is 0 Å². The monoisotopic (exact) mass is 97.1 g/mol. The lowest BCUT2D eigenvalue weighted by Crippen LogP contribution is -2.22. The molecule has 2 heterocycles. The molecule has 0 aromatic rings. The lowest BCUT2D eigenvalue weighted by atomic mass is 9.98. The third kappa shape index (κ3) is 0.194. The summed E-state index contributed by atoms with van der Waals surface area (Å²) in [5, 5.41) is 0. The van der Waals surface area contributed by atoms with Crippen molar-refractivity contribution in [2.75, 3.05) is 6.54 Å². The number of fused-ring (bicyclic) bond motifs is 1. The van der Waals surface area contributed by atoms with Gasteiger partial charge in [0.2, 0.25) is 0 Å². The Morgan fingerprint density at radius 3 is 1.57 bits per heavy atom. The van der Waals surface area contributed by atoms with Gasteiger partial charge in [0.05, 0.1) is 0 Å². The standard InChI is InChI=1S/C6H11N/c1-5(2)6(3)4-7(5)6/h4H2,1-3H3. The molecule has 2 unspecified atom stereocenters. The molecule has 0 spiro atoms. The largest absolute Gasteiger partial charge is 0.286 e. The summed E-state index contributed by atoms with van der Waals surface area (Å²) in [5.74, 6) is 0.